The van der Waals surface area contributed by atoms with E-state index in [4.69, 9.17) is 9.63 Å². The molecular weight excluding hydrogens is 310 g/mol. The van der Waals surface area contributed by atoms with Crippen LogP contribution in [-0.2, 0) is 14.8 Å². The highest BCUT2D eigenvalue weighted by Crippen LogP contribution is 2.42. The second-order valence-electron chi connectivity index (χ2n) is 5.34. The molecule has 22 heavy (non-hydrogen) atoms. The number of carboxylic acid groups (broad SMARTS) is 1. The second-order valence-corrected chi connectivity index (χ2v) is 7.38. The van der Waals surface area contributed by atoms with E-state index in [1.54, 1.807) is 0 Å². The molecule has 1 aliphatic carbocycles. The molecule has 1 N–H and O–H groups in total. The first-order chi connectivity index (χ1) is 10.4. The first kappa shape index (κ1) is 14.9. The summed E-state index contributed by atoms with van der Waals surface area (Å²) in [5.41, 5.74) is 1.06. The maximum absolute atomic E-state index is 12.4. The van der Waals surface area contributed by atoms with Crippen LogP contribution in [0.2, 0.25) is 0 Å². The van der Waals surface area contributed by atoms with Crippen molar-refractivity contribution >= 4 is 27.1 Å². The molecule has 0 amide bonds. The van der Waals surface area contributed by atoms with Gasteiger partial charge in [-0.3, -0.25) is 4.79 Å². The van der Waals surface area contributed by atoms with E-state index in [9.17, 15) is 13.2 Å². The van der Waals surface area contributed by atoms with Crippen molar-refractivity contribution in [2.24, 2.45) is 0 Å². The Hall–Kier alpha value is -2.00. The van der Waals surface area contributed by atoms with Crippen molar-refractivity contribution in [1.29, 1.82) is 0 Å². The zero-order valence-corrected chi connectivity index (χ0v) is 12.7. The van der Waals surface area contributed by atoms with Crippen LogP contribution in [0.25, 0.3) is 11.1 Å². The third-order valence-corrected chi connectivity index (χ3v) is 5.47. The molecule has 0 spiro atoms. The van der Waals surface area contributed by atoms with Gasteiger partial charge in [-0.2, -0.15) is 0 Å². The van der Waals surface area contributed by atoms with Crippen LogP contribution < -0.4 is 0 Å². The Morgan fingerprint density at radius 3 is 2.86 bits per heavy atom. The van der Waals surface area contributed by atoms with Crippen molar-refractivity contribution in [3.8, 4) is 0 Å². The molecule has 1 aliphatic rings. The van der Waals surface area contributed by atoms with E-state index in [2.05, 4.69) is 10.1 Å². The van der Waals surface area contributed by atoms with Crippen LogP contribution in [0.4, 0.5) is 0 Å². The number of aromatic nitrogens is 2. The van der Waals surface area contributed by atoms with Gasteiger partial charge in [0.2, 0.25) is 10.0 Å². The summed E-state index contributed by atoms with van der Waals surface area (Å²) < 4.78 is 31.0. The van der Waals surface area contributed by atoms with Gasteiger partial charge in [-0.15, -0.1) is 0 Å². The zero-order valence-electron chi connectivity index (χ0n) is 11.9. The molecule has 1 fully saturated rings. The van der Waals surface area contributed by atoms with Crippen LogP contribution in [0.5, 0.6) is 0 Å². The van der Waals surface area contributed by atoms with Crippen molar-refractivity contribution in [2.75, 3.05) is 13.6 Å². The van der Waals surface area contributed by atoms with Crippen LogP contribution in [-0.4, -0.2) is 47.5 Å². The van der Waals surface area contributed by atoms with Crippen molar-refractivity contribution < 1.29 is 22.8 Å². The van der Waals surface area contributed by atoms with Gasteiger partial charge in [0.1, 0.15) is 4.90 Å². The fourth-order valence-corrected chi connectivity index (χ4v) is 3.32. The van der Waals surface area contributed by atoms with Crippen LogP contribution in [0, 0.1) is 0 Å². The number of carboxylic acids is 1. The lowest BCUT2D eigenvalue weighted by atomic mass is 10.2. The molecule has 8 nitrogen and oxygen atoms in total. The quantitative estimate of drug-likeness (QED) is 0.848. The number of nitrogens with zero attached hydrogens (tertiary/aromatic N) is 3. The minimum absolute atomic E-state index is 0.0120. The van der Waals surface area contributed by atoms with Gasteiger partial charge in [0.25, 0.3) is 5.71 Å². The molecule has 0 unspecified atom stereocenters. The number of rotatable bonds is 6. The Morgan fingerprint density at radius 1 is 1.50 bits per heavy atom. The molecule has 2 aromatic heterocycles. The summed E-state index contributed by atoms with van der Waals surface area (Å²) in [6, 6.07) is 1.50. The van der Waals surface area contributed by atoms with Gasteiger partial charge in [-0.25, -0.2) is 17.7 Å². The Balaban J connectivity index is 1.94. The molecule has 3 rings (SSSR count). The number of pyridine rings is 1. The highest BCUT2D eigenvalue weighted by molar-refractivity contribution is 7.89. The van der Waals surface area contributed by atoms with E-state index >= 15 is 0 Å². The van der Waals surface area contributed by atoms with E-state index in [0.29, 0.717) is 17.0 Å². The van der Waals surface area contributed by atoms with Crippen LogP contribution in [0.1, 0.15) is 30.9 Å². The van der Waals surface area contributed by atoms with Crippen LogP contribution >= 0.6 is 0 Å². The predicted octanol–water partition coefficient (Wildman–Crippen LogP) is 1.20. The van der Waals surface area contributed by atoms with Gasteiger partial charge in [0.05, 0.1) is 23.7 Å². The first-order valence-electron chi connectivity index (χ1n) is 6.83. The number of fused-ring (bicyclic) bond motifs is 1. The first-order valence-corrected chi connectivity index (χ1v) is 8.27. The molecule has 1 saturated carbocycles. The maximum atomic E-state index is 12.4. The highest BCUT2D eigenvalue weighted by Gasteiger charge is 2.30. The number of hydrogen-bond donors (Lipinski definition) is 1. The lowest BCUT2D eigenvalue weighted by molar-refractivity contribution is -0.137. The summed E-state index contributed by atoms with van der Waals surface area (Å²) in [5.74, 6) is -0.739. The SMILES string of the molecule is CN(CCC(=O)O)S(=O)(=O)c1cnc2onc(C3CC3)c2c1. The molecule has 0 bridgehead atoms. The zero-order chi connectivity index (χ0) is 15.9. The predicted molar refractivity (Wildman–Crippen MR) is 75.8 cm³/mol. The van der Waals surface area contributed by atoms with E-state index in [1.807, 2.05) is 0 Å². The minimum Gasteiger partial charge on any atom is -0.481 e. The van der Waals surface area contributed by atoms with Gasteiger partial charge < -0.3 is 9.63 Å². The van der Waals surface area contributed by atoms with Gasteiger partial charge in [0.15, 0.2) is 0 Å². The second kappa shape index (κ2) is 5.33. The Morgan fingerprint density at radius 2 is 2.23 bits per heavy atom. The fraction of sp³-hybridized carbons (Fsp3) is 0.462. The summed E-state index contributed by atoms with van der Waals surface area (Å²) in [5, 5.41) is 13.2. The van der Waals surface area contributed by atoms with Gasteiger partial charge in [-0.1, -0.05) is 5.16 Å². The average Bonchev–Trinajstić information content (AvgIpc) is 3.23. The van der Waals surface area contributed by atoms with Crippen molar-refractivity contribution in [3.05, 3.63) is 18.0 Å². The summed E-state index contributed by atoms with van der Waals surface area (Å²) in [6.45, 7) is -0.102. The average molecular weight is 325 g/mol. The lowest BCUT2D eigenvalue weighted by Crippen LogP contribution is -2.29. The molecular formula is C13H15N3O5S. The Kier molecular flexibility index (Phi) is 3.61. The molecule has 2 aromatic rings. The van der Waals surface area contributed by atoms with Crippen molar-refractivity contribution in [1.82, 2.24) is 14.4 Å². The molecule has 0 aliphatic heterocycles. The molecule has 0 radical (unpaired) electrons. The Bertz CT molecular complexity index is 825. The monoisotopic (exact) mass is 325 g/mol. The summed E-state index contributed by atoms with van der Waals surface area (Å²) in [7, 11) is -2.44. The Labute approximate surface area is 126 Å². The van der Waals surface area contributed by atoms with Gasteiger partial charge in [-0.05, 0) is 18.9 Å². The smallest absolute Gasteiger partial charge is 0.304 e. The minimum atomic E-state index is -3.79. The molecule has 0 atom stereocenters. The van der Waals surface area contributed by atoms with Crippen molar-refractivity contribution in [3.63, 3.8) is 0 Å². The van der Waals surface area contributed by atoms with Gasteiger partial charge >= 0.3 is 5.97 Å². The summed E-state index contributed by atoms with van der Waals surface area (Å²) in [6.07, 6.45) is 2.97. The normalized spacial score (nSPS) is 15.5. The van der Waals surface area contributed by atoms with E-state index in [1.165, 1.54) is 19.3 Å². The van der Waals surface area contributed by atoms with Crippen LogP contribution in [0.15, 0.2) is 21.7 Å². The number of carbonyl (C=O) groups is 1. The third-order valence-electron chi connectivity index (χ3n) is 3.65. The van der Waals surface area contributed by atoms with Crippen LogP contribution in [0.3, 0.4) is 0 Å². The number of sulfonamides is 1. The molecule has 9 heteroatoms. The molecule has 118 valence electrons. The molecule has 0 saturated heterocycles. The number of aliphatic carboxylic acids is 1. The fourth-order valence-electron chi connectivity index (χ4n) is 2.18. The lowest BCUT2D eigenvalue weighted by Gasteiger charge is -2.15. The standard InChI is InChI=1S/C13H15N3O5S/c1-16(5-4-11(17)18)22(19,20)9-6-10-12(8-2-3-8)15-21-13(10)14-7-9/h6-8H,2-5H2,1H3,(H,17,18). The maximum Gasteiger partial charge on any atom is 0.304 e. The van der Waals surface area contributed by atoms with Gasteiger partial charge in [0, 0.05) is 19.5 Å². The number of hydrogen-bond acceptors (Lipinski definition) is 6. The largest absolute Gasteiger partial charge is 0.481 e. The summed E-state index contributed by atoms with van der Waals surface area (Å²) >= 11 is 0. The third kappa shape index (κ3) is 2.69. The topological polar surface area (TPSA) is 114 Å². The summed E-state index contributed by atoms with van der Waals surface area (Å²) in [4.78, 5) is 14.6. The highest BCUT2D eigenvalue weighted by atomic mass is 32.2. The van der Waals surface area contributed by atoms with E-state index in [-0.39, 0.29) is 17.9 Å². The molecule has 2 heterocycles. The van der Waals surface area contributed by atoms with E-state index < -0.39 is 16.0 Å². The van der Waals surface area contributed by atoms with Crippen molar-refractivity contribution in [2.45, 2.75) is 30.1 Å². The molecule has 0 aromatic carbocycles. The van der Waals surface area contributed by atoms with E-state index in [0.717, 1.165) is 22.8 Å².